The van der Waals surface area contributed by atoms with Gasteiger partial charge in [0, 0.05) is 5.88 Å². The Hall–Kier alpha value is -0.273. The smallest absolute Gasteiger partial charge is 0.0839 e. The summed E-state index contributed by atoms with van der Waals surface area (Å²) in [5, 5.41) is 1.48. The fourth-order valence-electron chi connectivity index (χ4n) is 1.44. The fraction of sp³-hybridized carbons (Fsp3) is 0.500. The van der Waals surface area contributed by atoms with Gasteiger partial charge < -0.3 is 0 Å². The molecule has 0 amide bonds. The van der Waals surface area contributed by atoms with E-state index in [0.29, 0.717) is 0 Å². The lowest BCUT2D eigenvalue weighted by Gasteiger charge is -2.09. The Balaban J connectivity index is 2.23. The molecule has 0 aliphatic heterocycles. The predicted octanol–water partition coefficient (Wildman–Crippen LogP) is 3.23. The summed E-state index contributed by atoms with van der Waals surface area (Å²) in [6.07, 6.45) is 3.73. The monoisotopic (exact) mass is 224 g/mol. The molecule has 0 saturated heterocycles. The average molecular weight is 225 g/mol. The van der Waals surface area contributed by atoms with E-state index in [1.165, 1.54) is 18.0 Å². The quantitative estimate of drug-likeness (QED) is 0.396. The van der Waals surface area contributed by atoms with Gasteiger partial charge in [-0.2, -0.15) is 0 Å². The molecule has 1 aromatic carbocycles. The van der Waals surface area contributed by atoms with Crippen molar-refractivity contribution in [3.8, 4) is 0 Å². The summed E-state index contributed by atoms with van der Waals surface area (Å²) in [5.74, 6) is 0.807. The first-order chi connectivity index (χ1) is 6.83. The summed E-state index contributed by atoms with van der Waals surface area (Å²) in [6, 6.07) is 10.8. The highest BCUT2D eigenvalue weighted by molar-refractivity contribution is 6.54. The molecule has 0 heterocycles. The minimum absolute atomic E-state index is 0.806. The third-order valence-electron chi connectivity index (χ3n) is 2.21. The van der Waals surface area contributed by atoms with Gasteiger partial charge in [0.15, 0.2) is 0 Å². The number of alkyl halides is 1. The van der Waals surface area contributed by atoms with E-state index in [1.54, 1.807) is 0 Å². The summed E-state index contributed by atoms with van der Waals surface area (Å²) < 4.78 is 0. The van der Waals surface area contributed by atoms with Gasteiger partial charge in [0.25, 0.3) is 0 Å². The lowest BCUT2D eigenvalue weighted by Crippen LogP contribution is -2.17. The zero-order valence-corrected chi connectivity index (χ0v) is 10.4. The molecule has 76 valence electrons. The van der Waals surface area contributed by atoms with Crippen molar-refractivity contribution in [2.45, 2.75) is 31.7 Å². The van der Waals surface area contributed by atoms with Crippen molar-refractivity contribution < 1.29 is 0 Å². The molecule has 1 atom stereocenters. The highest BCUT2D eigenvalue weighted by Gasteiger charge is 2.04. The normalized spacial score (nSPS) is 12.7. The Kier molecular flexibility index (Phi) is 5.96. The van der Waals surface area contributed by atoms with E-state index in [1.807, 2.05) is 0 Å². The number of rotatable bonds is 6. The van der Waals surface area contributed by atoms with Crippen molar-refractivity contribution in [1.82, 2.24) is 0 Å². The van der Waals surface area contributed by atoms with Gasteiger partial charge in [-0.05, 0) is 12.0 Å². The van der Waals surface area contributed by atoms with Crippen LogP contribution in [0.5, 0.6) is 0 Å². The Labute approximate surface area is 94.5 Å². The molecule has 0 aromatic heterocycles. The first kappa shape index (κ1) is 11.8. The van der Waals surface area contributed by atoms with Crippen molar-refractivity contribution in [2.75, 3.05) is 5.88 Å². The molecule has 2 radical (unpaired) electrons. The number of unbranched alkanes of at least 4 members (excludes halogenated alkanes) is 1. The average Bonchev–Trinajstić information content (AvgIpc) is 2.20. The van der Waals surface area contributed by atoms with Crippen LogP contribution in [0.3, 0.4) is 0 Å². The van der Waals surface area contributed by atoms with Crippen molar-refractivity contribution in [2.24, 2.45) is 0 Å². The Bertz CT molecular complexity index is 235. The molecule has 0 spiro atoms. The number of hydrogen-bond acceptors (Lipinski definition) is 0. The molecule has 0 aliphatic rings. The molecule has 0 N–H and O–H groups in total. The molecule has 0 saturated carbocycles. The fourth-order valence-corrected chi connectivity index (χ4v) is 2.93. The molecule has 1 aromatic rings. The van der Waals surface area contributed by atoms with Gasteiger partial charge in [-0.25, -0.2) is 0 Å². The van der Waals surface area contributed by atoms with Crippen molar-refractivity contribution in [1.29, 1.82) is 0 Å². The largest absolute Gasteiger partial charge is 0.127 e. The summed E-state index contributed by atoms with van der Waals surface area (Å²) in [7, 11) is 0.946. The SMILES string of the molecule is CC(CCCCCl)[Si]c1ccccc1. The number of hydrogen-bond donors (Lipinski definition) is 0. The van der Waals surface area contributed by atoms with E-state index in [9.17, 15) is 0 Å². The Morgan fingerprint density at radius 3 is 2.57 bits per heavy atom. The van der Waals surface area contributed by atoms with Gasteiger partial charge in [0.05, 0.1) is 9.52 Å². The lowest BCUT2D eigenvalue weighted by molar-refractivity contribution is 0.701. The summed E-state index contributed by atoms with van der Waals surface area (Å²) in [5.41, 5.74) is 0.806. The highest BCUT2D eigenvalue weighted by Crippen LogP contribution is 2.12. The zero-order valence-electron chi connectivity index (χ0n) is 8.67. The summed E-state index contributed by atoms with van der Waals surface area (Å²) >= 11 is 5.65. The molecule has 2 heteroatoms. The topological polar surface area (TPSA) is 0 Å². The molecule has 14 heavy (non-hydrogen) atoms. The standard InChI is InChI=1S/C12H17ClSi/c1-11(7-5-6-10-13)14-12-8-3-2-4-9-12/h2-4,8-9,11H,5-7,10H2,1H3. The number of benzene rings is 1. The summed E-state index contributed by atoms with van der Waals surface area (Å²) in [4.78, 5) is 0. The van der Waals surface area contributed by atoms with Crippen LogP contribution >= 0.6 is 11.6 Å². The maximum absolute atomic E-state index is 5.65. The first-order valence-corrected chi connectivity index (χ1v) is 6.81. The van der Waals surface area contributed by atoms with E-state index in [-0.39, 0.29) is 0 Å². The van der Waals surface area contributed by atoms with Crippen LogP contribution in [0.25, 0.3) is 0 Å². The Morgan fingerprint density at radius 2 is 1.93 bits per heavy atom. The molecule has 0 aliphatic carbocycles. The third kappa shape index (κ3) is 4.82. The van der Waals surface area contributed by atoms with Gasteiger partial charge in [0.2, 0.25) is 0 Å². The molecule has 1 unspecified atom stereocenters. The maximum Gasteiger partial charge on any atom is 0.0839 e. The molecular weight excluding hydrogens is 208 g/mol. The second-order valence-electron chi connectivity index (χ2n) is 3.60. The van der Waals surface area contributed by atoms with E-state index >= 15 is 0 Å². The van der Waals surface area contributed by atoms with Crippen molar-refractivity contribution in [3.05, 3.63) is 30.3 Å². The van der Waals surface area contributed by atoms with Crippen LogP contribution in [0.2, 0.25) is 5.54 Å². The minimum atomic E-state index is 0.806. The first-order valence-electron chi connectivity index (χ1n) is 5.20. The second kappa shape index (κ2) is 7.08. The molecule has 0 fully saturated rings. The van der Waals surface area contributed by atoms with Gasteiger partial charge in [-0.3, -0.25) is 0 Å². The second-order valence-corrected chi connectivity index (χ2v) is 5.83. The van der Waals surface area contributed by atoms with Crippen LogP contribution in [-0.4, -0.2) is 15.4 Å². The van der Waals surface area contributed by atoms with E-state index in [0.717, 1.165) is 27.4 Å². The lowest BCUT2D eigenvalue weighted by atomic mass is 10.2. The summed E-state index contributed by atoms with van der Waals surface area (Å²) in [6.45, 7) is 2.33. The zero-order chi connectivity index (χ0) is 10.2. The van der Waals surface area contributed by atoms with Crippen LogP contribution in [0.1, 0.15) is 26.2 Å². The van der Waals surface area contributed by atoms with Crippen LogP contribution in [0.15, 0.2) is 30.3 Å². The van der Waals surface area contributed by atoms with Gasteiger partial charge in [0.1, 0.15) is 0 Å². The van der Waals surface area contributed by atoms with Crippen LogP contribution in [0, 0.1) is 0 Å². The number of halogens is 1. The molecule has 0 nitrogen and oxygen atoms in total. The van der Waals surface area contributed by atoms with E-state index in [2.05, 4.69) is 37.3 Å². The van der Waals surface area contributed by atoms with Crippen LogP contribution in [-0.2, 0) is 0 Å². The van der Waals surface area contributed by atoms with Crippen molar-refractivity contribution in [3.63, 3.8) is 0 Å². The van der Waals surface area contributed by atoms with Gasteiger partial charge in [-0.15, -0.1) is 11.6 Å². The predicted molar refractivity (Wildman–Crippen MR) is 65.8 cm³/mol. The minimum Gasteiger partial charge on any atom is -0.127 e. The van der Waals surface area contributed by atoms with Crippen LogP contribution < -0.4 is 5.19 Å². The maximum atomic E-state index is 5.65. The van der Waals surface area contributed by atoms with Crippen molar-refractivity contribution >= 4 is 26.3 Å². The van der Waals surface area contributed by atoms with E-state index in [4.69, 9.17) is 11.6 Å². The van der Waals surface area contributed by atoms with Gasteiger partial charge >= 0.3 is 0 Å². The molecular formula is C12H17ClSi. The van der Waals surface area contributed by atoms with Gasteiger partial charge in [-0.1, -0.05) is 55.3 Å². The van der Waals surface area contributed by atoms with Crippen LogP contribution in [0.4, 0.5) is 0 Å². The third-order valence-corrected chi connectivity index (χ3v) is 3.92. The Morgan fingerprint density at radius 1 is 1.21 bits per heavy atom. The van der Waals surface area contributed by atoms with E-state index < -0.39 is 0 Å². The molecule has 0 bridgehead atoms. The highest BCUT2D eigenvalue weighted by atomic mass is 35.5. The molecule has 1 rings (SSSR count).